The maximum Gasteiger partial charge on any atom is 0.273 e. The maximum absolute atomic E-state index is 13.9. The van der Waals surface area contributed by atoms with Crippen molar-refractivity contribution in [3.05, 3.63) is 50.2 Å². The first kappa shape index (κ1) is 22.2. The van der Waals surface area contributed by atoms with Crippen molar-refractivity contribution in [2.24, 2.45) is 0 Å². The van der Waals surface area contributed by atoms with Crippen molar-refractivity contribution in [1.29, 1.82) is 0 Å². The van der Waals surface area contributed by atoms with Gasteiger partial charge in [-0.2, -0.15) is 4.98 Å². The van der Waals surface area contributed by atoms with E-state index in [0.29, 0.717) is 0 Å². The molecule has 1 N–H and O–H groups in total. The SMILES string of the molecule is CC(C)n1c(NCC(=O)N2CCCC2)nc(OCc2ccc(F)cc2F)c(Br)c1=O. The van der Waals surface area contributed by atoms with Crippen molar-refractivity contribution in [3.63, 3.8) is 0 Å². The van der Waals surface area contributed by atoms with E-state index in [4.69, 9.17) is 4.74 Å². The van der Waals surface area contributed by atoms with Gasteiger partial charge in [0, 0.05) is 30.8 Å². The highest BCUT2D eigenvalue weighted by Gasteiger charge is 2.21. The molecule has 0 atom stereocenters. The minimum absolute atomic E-state index is 0.00712. The van der Waals surface area contributed by atoms with Crippen LogP contribution in [0.1, 0.15) is 38.3 Å². The number of aromatic nitrogens is 2. The fourth-order valence-corrected chi connectivity index (χ4v) is 3.60. The molecular formula is C20H23BrF2N4O3. The van der Waals surface area contributed by atoms with Gasteiger partial charge in [0.15, 0.2) is 0 Å². The van der Waals surface area contributed by atoms with Crippen LogP contribution in [0.25, 0.3) is 0 Å². The van der Waals surface area contributed by atoms with Crippen LogP contribution in [0.3, 0.4) is 0 Å². The Bertz CT molecular complexity index is 991. The summed E-state index contributed by atoms with van der Waals surface area (Å²) in [4.78, 5) is 31.3. The van der Waals surface area contributed by atoms with Crippen molar-refractivity contribution in [3.8, 4) is 5.88 Å². The maximum atomic E-state index is 13.9. The predicted molar refractivity (Wildman–Crippen MR) is 112 cm³/mol. The highest BCUT2D eigenvalue weighted by atomic mass is 79.9. The highest BCUT2D eigenvalue weighted by molar-refractivity contribution is 9.10. The molecule has 0 radical (unpaired) electrons. The van der Waals surface area contributed by atoms with Gasteiger partial charge in [0.05, 0.1) is 6.54 Å². The van der Waals surface area contributed by atoms with Crippen molar-refractivity contribution in [1.82, 2.24) is 14.5 Å². The Morgan fingerprint density at radius 1 is 1.30 bits per heavy atom. The van der Waals surface area contributed by atoms with E-state index in [2.05, 4.69) is 26.2 Å². The number of nitrogens with zero attached hydrogens (tertiary/aromatic N) is 3. The normalized spacial score (nSPS) is 13.7. The second-order valence-electron chi connectivity index (χ2n) is 7.29. The zero-order valence-electron chi connectivity index (χ0n) is 16.8. The first-order valence-electron chi connectivity index (χ1n) is 9.68. The van der Waals surface area contributed by atoms with Gasteiger partial charge in [-0.25, -0.2) is 8.78 Å². The van der Waals surface area contributed by atoms with E-state index in [1.54, 1.807) is 4.90 Å². The monoisotopic (exact) mass is 484 g/mol. The van der Waals surface area contributed by atoms with Crippen LogP contribution < -0.4 is 15.6 Å². The van der Waals surface area contributed by atoms with Gasteiger partial charge in [-0.05, 0) is 54.8 Å². The topological polar surface area (TPSA) is 76.5 Å². The van der Waals surface area contributed by atoms with E-state index in [0.717, 1.165) is 38.1 Å². The summed E-state index contributed by atoms with van der Waals surface area (Å²) in [6, 6.07) is 2.92. The molecular weight excluding hydrogens is 462 g/mol. The van der Waals surface area contributed by atoms with E-state index < -0.39 is 17.2 Å². The van der Waals surface area contributed by atoms with Crippen LogP contribution in [0.2, 0.25) is 0 Å². The summed E-state index contributed by atoms with van der Waals surface area (Å²) in [5.41, 5.74) is -0.275. The fourth-order valence-electron chi connectivity index (χ4n) is 3.21. The molecule has 0 saturated carbocycles. The van der Waals surface area contributed by atoms with Gasteiger partial charge >= 0.3 is 0 Å². The van der Waals surface area contributed by atoms with Gasteiger partial charge in [0.1, 0.15) is 22.7 Å². The molecule has 1 saturated heterocycles. The van der Waals surface area contributed by atoms with Crippen molar-refractivity contribution in [2.45, 2.75) is 39.3 Å². The van der Waals surface area contributed by atoms with Crippen LogP contribution in [0.15, 0.2) is 27.5 Å². The highest BCUT2D eigenvalue weighted by Crippen LogP contribution is 2.24. The van der Waals surface area contributed by atoms with Crippen LogP contribution in [0, 0.1) is 11.6 Å². The molecule has 0 aliphatic carbocycles. The lowest BCUT2D eigenvalue weighted by Crippen LogP contribution is -2.35. The molecule has 3 rings (SSSR count). The lowest BCUT2D eigenvalue weighted by molar-refractivity contribution is -0.128. The van der Waals surface area contributed by atoms with E-state index >= 15 is 0 Å². The molecule has 2 aromatic rings. The van der Waals surface area contributed by atoms with E-state index in [-0.39, 0.29) is 47.0 Å². The fraction of sp³-hybridized carbons (Fsp3) is 0.450. The summed E-state index contributed by atoms with van der Waals surface area (Å²) < 4.78 is 34.0. The molecule has 1 aliphatic rings. The Morgan fingerprint density at radius 3 is 2.63 bits per heavy atom. The zero-order chi connectivity index (χ0) is 21.8. The molecule has 0 spiro atoms. The molecule has 30 heavy (non-hydrogen) atoms. The van der Waals surface area contributed by atoms with Crippen molar-refractivity contribution >= 4 is 27.8 Å². The third-order valence-electron chi connectivity index (χ3n) is 4.78. The first-order chi connectivity index (χ1) is 14.3. The summed E-state index contributed by atoms with van der Waals surface area (Å²) in [5, 5.41) is 2.93. The van der Waals surface area contributed by atoms with Gasteiger partial charge in [-0.15, -0.1) is 0 Å². The van der Waals surface area contributed by atoms with E-state index in [1.807, 2.05) is 13.8 Å². The van der Waals surface area contributed by atoms with Crippen molar-refractivity contribution in [2.75, 3.05) is 25.0 Å². The van der Waals surface area contributed by atoms with Crippen molar-refractivity contribution < 1.29 is 18.3 Å². The number of amides is 1. The Balaban J connectivity index is 1.82. The summed E-state index contributed by atoms with van der Waals surface area (Å²) in [6.07, 6.45) is 1.97. The largest absolute Gasteiger partial charge is 0.472 e. The number of halogens is 3. The molecule has 1 aliphatic heterocycles. The van der Waals surface area contributed by atoms with Crippen LogP contribution in [-0.2, 0) is 11.4 Å². The summed E-state index contributed by atoms with van der Waals surface area (Å²) >= 11 is 3.19. The molecule has 7 nitrogen and oxygen atoms in total. The molecule has 162 valence electrons. The number of likely N-dealkylation sites (tertiary alicyclic amines) is 1. The lowest BCUT2D eigenvalue weighted by atomic mass is 10.2. The van der Waals surface area contributed by atoms with Crippen LogP contribution in [0.5, 0.6) is 5.88 Å². The molecule has 10 heteroatoms. The van der Waals surface area contributed by atoms with Gasteiger partial charge < -0.3 is 15.0 Å². The molecule has 1 aromatic heterocycles. The first-order valence-corrected chi connectivity index (χ1v) is 10.5. The van der Waals surface area contributed by atoms with Crippen LogP contribution in [-0.4, -0.2) is 40.0 Å². The zero-order valence-corrected chi connectivity index (χ0v) is 18.3. The molecule has 1 aromatic carbocycles. The Morgan fingerprint density at radius 2 is 2.00 bits per heavy atom. The average Bonchev–Trinajstić information content (AvgIpc) is 3.23. The molecule has 1 fully saturated rings. The number of ether oxygens (including phenoxy) is 1. The average molecular weight is 485 g/mol. The number of rotatable bonds is 7. The Hall–Kier alpha value is -2.49. The summed E-state index contributed by atoms with van der Waals surface area (Å²) in [6.45, 7) is 4.84. The second-order valence-corrected chi connectivity index (χ2v) is 8.08. The Labute approximate surface area is 181 Å². The smallest absolute Gasteiger partial charge is 0.273 e. The number of nitrogens with one attached hydrogen (secondary N) is 1. The standard InChI is InChI=1S/C20H23BrF2N4O3/c1-12(2)27-19(29)17(21)18(30-11-13-5-6-14(22)9-15(13)23)25-20(27)24-10-16(28)26-7-3-4-8-26/h5-6,9,12H,3-4,7-8,10-11H2,1-2H3,(H,24,25). The quantitative estimate of drug-likeness (QED) is 0.650. The Kier molecular flexibility index (Phi) is 7.06. The van der Waals surface area contributed by atoms with Gasteiger partial charge in [-0.1, -0.05) is 0 Å². The molecule has 1 amide bonds. The van der Waals surface area contributed by atoms with Gasteiger partial charge in [-0.3, -0.25) is 14.2 Å². The van der Waals surface area contributed by atoms with Crippen LogP contribution >= 0.6 is 15.9 Å². The minimum atomic E-state index is -0.754. The molecule has 0 unspecified atom stereocenters. The number of carbonyl (C=O) groups excluding carboxylic acids is 1. The molecule has 2 heterocycles. The third kappa shape index (κ3) is 4.97. The van der Waals surface area contributed by atoms with E-state index in [9.17, 15) is 18.4 Å². The second kappa shape index (κ2) is 9.55. The van der Waals surface area contributed by atoms with Gasteiger partial charge in [0.25, 0.3) is 5.56 Å². The summed E-state index contributed by atoms with van der Waals surface area (Å²) in [7, 11) is 0. The van der Waals surface area contributed by atoms with E-state index in [1.165, 1.54) is 10.6 Å². The number of benzene rings is 1. The van der Waals surface area contributed by atoms with Gasteiger partial charge in [0.2, 0.25) is 17.7 Å². The number of anilines is 1. The third-order valence-corrected chi connectivity index (χ3v) is 5.46. The predicted octanol–water partition coefficient (Wildman–Crippen LogP) is 3.48. The summed E-state index contributed by atoms with van der Waals surface area (Å²) in [5.74, 6) is -1.38. The lowest BCUT2D eigenvalue weighted by Gasteiger charge is -2.20. The number of carbonyl (C=O) groups is 1. The minimum Gasteiger partial charge on any atom is -0.472 e. The molecule has 0 bridgehead atoms. The van der Waals surface area contributed by atoms with Crippen LogP contribution in [0.4, 0.5) is 14.7 Å². The number of hydrogen-bond donors (Lipinski definition) is 1. The number of hydrogen-bond acceptors (Lipinski definition) is 5.